The summed E-state index contributed by atoms with van der Waals surface area (Å²) in [6.45, 7) is 6.20. The first kappa shape index (κ1) is 15.6. The van der Waals surface area contributed by atoms with Crippen molar-refractivity contribution in [3.8, 4) is 5.75 Å². The first-order chi connectivity index (χ1) is 9.87. The fraction of sp³-hybridized carbons (Fsp3) is 0.294. The summed E-state index contributed by atoms with van der Waals surface area (Å²) in [5.74, 6) is 0.899. The van der Waals surface area contributed by atoms with Gasteiger partial charge in [0.05, 0.1) is 0 Å². The Labute approximate surface area is 126 Å². The van der Waals surface area contributed by atoms with Crippen LogP contribution in [0.4, 0.5) is 0 Å². The molecular formula is C17H20O3S. The molecule has 2 aromatic carbocycles. The molecule has 0 aliphatic rings. The van der Waals surface area contributed by atoms with Crippen LogP contribution in [0.1, 0.15) is 25.0 Å². The van der Waals surface area contributed by atoms with E-state index in [4.69, 9.17) is 4.18 Å². The molecule has 0 amide bonds. The number of rotatable bonds is 5. The molecule has 4 heteroatoms. The molecule has 0 spiro atoms. The summed E-state index contributed by atoms with van der Waals surface area (Å²) in [5.41, 5.74) is 2.18. The van der Waals surface area contributed by atoms with Gasteiger partial charge in [-0.25, -0.2) is 0 Å². The van der Waals surface area contributed by atoms with Gasteiger partial charge in [-0.1, -0.05) is 43.7 Å². The van der Waals surface area contributed by atoms with Gasteiger partial charge in [0.15, 0.2) is 0 Å². The van der Waals surface area contributed by atoms with Crippen LogP contribution in [-0.2, 0) is 16.5 Å². The monoisotopic (exact) mass is 304 g/mol. The topological polar surface area (TPSA) is 43.4 Å². The Morgan fingerprint density at radius 1 is 0.952 bits per heavy atom. The summed E-state index contributed by atoms with van der Waals surface area (Å²) in [6, 6.07) is 13.8. The summed E-state index contributed by atoms with van der Waals surface area (Å²) in [4.78, 5) is 0.166. The number of aryl methyl sites for hydroxylation is 1. The van der Waals surface area contributed by atoms with Gasteiger partial charge in [0.1, 0.15) is 10.6 Å². The second-order valence-corrected chi connectivity index (χ2v) is 7.14. The third-order valence-electron chi connectivity index (χ3n) is 3.08. The van der Waals surface area contributed by atoms with Gasteiger partial charge in [0, 0.05) is 0 Å². The maximum atomic E-state index is 12.2. The molecule has 0 unspecified atom stereocenters. The van der Waals surface area contributed by atoms with Gasteiger partial charge >= 0.3 is 10.1 Å². The normalized spacial score (nSPS) is 11.6. The maximum absolute atomic E-state index is 12.2. The number of hydrogen-bond donors (Lipinski definition) is 0. The average Bonchev–Trinajstić information content (AvgIpc) is 2.40. The van der Waals surface area contributed by atoms with E-state index < -0.39 is 10.1 Å². The SMILES string of the molecule is Cc1ccc(S(=O)(=O)Oc2ccc(CC(C)C)cc2)cc1. The smallest absolute Gasteiger partial charge is 0.339 e. The van der Waals surface area contributed by atoms with E-state index in [2.05, 4.69) is 13.8 Å². The first-order valence-electron chi connectivity index (χ1n) is 6.97. The van der Waals surface area contributed by atoms with Gasteiger partial charge in [-0.2, -0.15) is 8.42 Å². The van der Waals surface area contributed by atoms with Gasteiger partial charge in [-0.15, -0.1) is 0 Å². The predicted molar refractivity (Wildman–Crippen MR) is 84.0 cm³/mol. The van der Waals surface area contributed by atoms with Gasteiger partial charge in [0.2, 0.25) is 0 Å². The molecule has 0 aromatic heterocycles. The Kier molecular flexibility index (Phi) is 4.68. The van der Waals surface area contributed by atoms with E-state index in [1.54, 1.807) is 36.4 Å². The molecule has 3 nitrogen and oxygen atoms in total. The van der Waals surface area contributed by atoms with E-state index in [0.29, 0.717) is 11.7 Å². The van der Waals surface area contributed by atoms with Crippen molar-refractivity contribution in [2.24, 2.45) is 5.92 Å². The summed E-state index contributed by atoms with van der Waals surface area (Å²) >= 11 is 0. The molecule has 2 aromatic rings. The Morgan fingerprint density at radius 2 is 1.52 bits per heavy atom. The average molecular weight is 304 g/mol. The highest BCUT2D eigenvalue weighted by Crippen LogP contribution is 2.20. The van der Waals surface area contributed by atoms with Gasteiger partial charge in [0.25, 0.3) is 0 Å². The molecule has 2 rings (SSSR count). The van der Waals surface area contributed by atoms with E-state index in [0.717, 1.165) is 12.0 Å². The summed E-state index contributed by atoms with van der Waals surface area (Å²) in [5, 5.41) is 0. The minimum atomic E-state index is -3.77. The van der Waals surface area contributed by atoms with Gasteiger partial charge in [-0.05, 0) is 49.1 Å². The van der Waals surface area contributed by atoms with Crippen molar-refractivity contribution in [3.05, 3.63) is 59.7 Å². The molecule has 0 N–H and O–H groups in total. The Morgan fingerprint density at radius 3 is 2.05 bits per heavy atom. The molecule has 21 heavy (non-hydrogen) atoms. The molecule has 0 aliphatic carbocycles. The molecule has 0 atom stereocenters. The van der Waals surface area contributed by atoms with Crippen LogP contribution in [0.25, 0.3) is 0 Å². The van der Waals surface area contributed by atoms with Crippen LogP contribution in [0, 0.1) is 12.8 Å². The summed E-state index contributed by atoms with van der Waals surface area (Å²) < 4.78 is 29.5. The quantitative estimate of drug-likeness (QED) is 0.785. The zero-order valence-corrected chi connectivity index (χ0v) is 13.4. The van der Waals surface area contributed by atoms with Crippen LogP contribution in [0.2, 0.25) is 0 Å². The first-order valence-corrected chi connectivity index (χ1v) is 8.38. The molecule has 0 bridgehead atoms. The standard InChI is InChI=1S/C17H20O3S/c1-13(2)12-15-6-8-16(9-7-15)20-21(18,19)17-10-4-14(3)5-11-17/h4-11,13H,12H2,1-3H3. The van der Waals surface area contributed by atoms with E-state index in [1.165, 1.54) is 5.56 Å². The molecular weight excluding hydrogens is 284 g/mol. The van der Waals surface area contributed by atoms with Crippen molar-refractivity contribution >= 4 is 10.1 Å². The molecule has 0 saturated heterocycles. The second kappa shape index (κ2) is 6.31. The lowest BCUT2D eigenvalue weighted by Gasteiger charge is -2.09. The molecule has 112 valence electrons. The van der Waals surface area contributed by atoms with Crippen molar-refractivity contribution < 1.29 is 12.6 Å². The van der Waals surface area contributed by atoms with Crippen LogP contribution in [0.3, 0.4) is 0 Å². The molecule has 0 saturated carbocycles. The fourth-order valence-corrected chi connectivity index (χ4v) is 2.96. The van der Waals surface area contributed by atoms with Gasteiger partial charge < -0.3 is 4.18 Å². The van der Waals surface area contributed by atoms with Crippen LogP contribution in [0.5, 0.6) is 5.75 Å². The minimum absolute atomic E-state index is 0.166. The van der Waals surface area contributed by atoms with E-state index >= 15 is 0 Å². The fourth-order valence-electron chi connectivity index (χ4n) is 2.03. The highest BCUT2D eigenvalue weighted by Gasteiger charge is 2.16. The molecule has 0 radical (unpaired) electrons. The molecule has 0 fully saturated rings. The van der Waals surface area contributed by atoms with Crippen molar-refractivity contribution in [3.63, 3.8) is 0 Å². The lowest BCUT2D eigenvalue weighted by atomic mass is 10.0. The molecule has 0 aliphatic heterocycles. The predicted octanol–water partition coefficient (Wildman–Crippen LogP) is 3.96. The highest BCUT2D eigenvalue weighted by atomic mass is 32.2. The lowest BCUT2D eigenvalue weighted by Crippen LogP contribution is -2.09. The van der Waals surface area contributed by atoms with Crippen LogP contribution < -0.4 is 4.18 Å². The van der Waals surface area contributed by atoms with Crippen LogP contribution in [-0.4, -0.2) is 8.42 Å². The van der Waals surface area contributed by atoms with Crippen molar-refractivity contribution in [1.82, 2.24) is 0 Å². The zero-order chi connectivity index (χ0) is 15.5. The van der Waals surface area contributed by atoms with Crippen molar-refractivity contribution in [1.29, 1.82) is 0 Å². The van der Waals surface area contributed by atoms with Gasteiger partial charge in [-0.3, -0.25) is 0 Å². The highest BCUT2D eigenvalue weighted by molar-refractivity contribution is 7.87. The van der Waals surface area contributed by atoms with Crippen molar-refractivity contribution in [2.45, 2.75) is 32.1 Å². The lowest BCUT2D eigenvalue weighted by molar-refractivity contribution is 0.486. The maximum Gasteiger partial charge on any atom is 0.339 e. The van der Waals surface area contributed by atoms with E-state index in [9.17, 15) is 8.42 Å². The molecule has 0 heterocycles. The third-order valence-corrected chi connectivity index (χ3v) is 4.34. The minimum Gasteiger partial charge on any atom is -0.379 e. The second-order valence-electron chi connectivity index (χ2n) is 5.59. The Hall–Kier alpha value is -1.81. The number of benzene rings is 2. The zero-order valence-electron chi connectivity index (χ0n) is 12.5. The summed E-state index contributed by atoms with van der Waals surface area (Å²) in [6.07, 6.45) is 0.963. The van der Waals surface area contributed by atoms with Crippen LogP contribution >= 0.6 is 0 Å². The largest absolute Gasteiger partial charge is 0.379 e. The Balaban J connectivity index is 2.15. The van der Waals surface area contributed by atoms with Crippen LogP contribution in [0.15, 0.2) is 53.4 Å². The Bertz CT molecular complexity index is 684. The van der Waals surface area contributed by atoms with Crippen molar-refractivity contribution in [2.75, 3.05) is 0 Å². The number of hydrogen-bond acceptors (Lipinski definition) is 3. The third kappa shape index (κ3) is 4.33. The van der Waals surface area contributed by atoms with E-state index in [1.807, 2.05) is 19.1 Å². The summed E-state index contributed by atoms with van der Waals surface area (Å²) in [7, 11) is -3.77. The van der Waals surface area contributed by atoms with E-state index in [-0.39, 0.29) is 4.90 Å².